The largest absolute Gasteiger partial charge is 0.473 e. The summed E-state index contributed by atoms with van der Waals surface area (Å²) >= 11 is 0. The second-order valence-corrected chi connectivity index (χ2v) is 11.6. The molecule has 1 aromatic carbocycles. The molecule has 1 N–H and O–H groups in total. The van der Waals surface area contributed by atoms with Crippen LogP contribution >= 0.6 is 0 Å². The number of nitrogens with one attached hydrogen (secondary N) is 1. The van der Waals surface area contributed by atoms with Gasteiger partial charge in [-0.15, -0.1) is 0 Å². The number of carbonyl (C=O) groups excluding carboxylic acids is 1. The van der Waals surface area contributed by atoms with Gasteiger partial charge in [-0.25, -0.2) is 18.2 Å². The Bertz CT molecular complexity index is 1190. The van der Waals surface area contributed by atoms with Gasteiger partial charge in [-0.05, 0) is 70.2 Å². The molecule has 196 valence electrons. The van der Waals surface area contributed by atoms with Crippen molar-refractivity contribution in [2.75, 3.05) is 31.3 Å². The normalized spacial score (nSPS) is 14.8. The summed E-state index contributed by atoms with van der Waals surface area (Å²) in [6.07, 6.45) is 4.15. The number of likely N-dealkylation sites (tertiary alicyclic amines) is 1. The lowest BCUT2D eigenvalue weighted by molar-refractivity contribution is -0.385. The lowest BCUT2D eigenvalue weighted by Crippen LogP contribution is -2.41. The van der Waals surface area contributed by atoms with Crippen LogP contribution in [0.1, 0.15) is 40.0 Å². The lowest BCUT2D eigenvalue weighted by atomic mass is 9.94. The Morgan fingerprint density at radius 2 is 1.83 bits per heavy atom. The summed E-state index contributed by atoms with van der Waals surface area (Å²) in [4.78, 5) is 33.1. The molecule has 0 spiro atoms. The number of nitrogens with zero attached hydrogens (tertiary/aromatic N) is 4. The van der Waals surface area contributed by atoms with E-state index < -0.39 is 26.0 Å². The highest BCUT2D eigenvalue weighted by atomic mass is 32.2. The zero-order valence-electron chi connectivity index (χ0n) is 20.8. The minimum atomic E-state index is -3.36. The van der Waals surface area contributed by atoms with E-state index in [4.69, 9.17) is 9.47 Å². The summed E-state index contributed by atoms with van der Waals surface area (Å²) < 4.78 is 34.3. The molecule has 36 heavy (non-hydrogen) atoms. The van der Waals surface area contributed by atoms with E-state index in [-0.39, 0.29) is 29.3 Å². The Morgan fingerprint density at radius 3 is 2.39 bits per heavy atom. The predicted octanol–water partition coefficient (Wildman–Crippen LogP) is 3.95. The number of piperidine rings is 1. The molecule has 0 bridgehead atoms. The fourth-order valence-corrected chi connectivity index (χ4v) is 4.33. The smallest absolute Gasteiger partial charge is 0.410 e. The number of hydrogen-bond acceptors (Lipinski definition) is 10. The maximum absolute atomic E-state index is 12.2. The van der Waals surface area contributed by atoms with Crippen LogP contribution in [0.3, 0.4) is 0 Å². The Morgan fingerprint density at radius 1 is 1.19 bits per heavy atom. The molecule has 2 aromatic rings. The molecule has 0 unspecified atom stereocenters. The van der Waals surface area contributed by atoms with Gasteiger partial charge in [0.2, 0.25) is 5.82 Å². The van der Waals surface area contributed by atoms with Crippen LogP contribution in [0.2, 0.25) is 0 Å². The summed E-state index contributed by atoms with van der Waals surface area (Å²) in [6, 6.07) is 5.78. The third kappa shape index (κ3) is 7.51. The number of anilines is 2. The second-order valence-electron chi connectivity index (χ2n) is 9.60. The second kappa shape index (κ2) is 11.1. The van der Waals surface area contributed by atoms with Crippen LogP contribution in [0, 0.1) is 16.0 Å². The Kier molecular flexibility index (Phi) is 8.33. The lowest BCUT2D eigenvalue weighted by Gasteiger charge is -2.33. The monoisotopic (exact) mass is 521 g/mol. The first kappa shape index (κ1) is 27.1. The van der Waals surface area contributed by atoms with Crippen LogP contribution < -0.4 is 10.1 Å². The van der Waals surface area contributed by atoms with E-state index in [1.807, 2.05) is 20.8 Å². The number of amides is 1. The molecule has 0 atom stereocenters. The molecule has 13 heteroatoms. The van der Waals surface area contributed by atoms with E-state index in [2.05, 4.69) is 15.3 Å². The van der Waals surface area contributed by atoms with Crippen molar-refractivity contribution < 1.29 is 27.6 Å². The Balaban J connectivity index is 1.58. The van der Waals surface area contributed by atoms with Gasteiger partial charge in [-0.1, -0.05) is 0 Å². The van der Waals surface area contributed by atoms with Gasteiger partial charge in [0, 0.05) is 25.0 Å². The fraction of sp³-hybridized carbons (Fsp3) is 0.522. The molecule has 1 aromatic heterocycles. The number of hydrogen-bond donors (Lipinski definition) is 1. The summed E-state index contributed by atoms with van der Waals surface area (Å²) in [7, 11) is -3.36. The zero-order chi connectivity index (χ0) is 26.5. The van der Waals surface area contributed by atoms with E-state index in [9.17, 15) is 23.3 Å². The number of ether oxygens (including phenoxy) is 2. The molecule has 1 saturated heterocycles. The van der Waals surface area contributed by atoms with E-state index in [0.29, 0.717) is 31.1 Å². The number of nitro groups is 1. The molecule has 0 radical (unpaired) electrons. The maximum atomic E-state index is 12.2. The van der Waals surface area contributed by atoms with Crippen LogP contribution in [-0.4, -0.2) is 65.9 Å². The zero-order valence-corrected chi connectivity index (χ0v) is 21.6. The van der Waals surface area contributed by atoms with E-state index >= 15 is 0 Å². The molecule has 1 aliphatic rings. The van der Waals surface area contributed by atoms with Crippen molar-refractivity contribution in [2.45, 2.75) is 50.5 Å². The summed E-state index contributed by atoms with van der Waals surface area (Å²) in [5.41, 5.74) is -0.530. The number of aromatic nitrogens is 2. The van der Waals surface area contributed by atoms with Gasteiger partial charge >= 0.3 is 11.8 Å². The highest BCUT2D eigenvalue weighted by Crippen LogP contribution is 2.33. The van der Waals surface area contributed by atoms with Crippen molar-refractivity contribution in [3.05, 3.63) is 40.7 Å². The molecular formula is C23H31N5O7S. The van der Waals surface area contributed by atoms with Gasteiger partial charge in [-0.3, -0.25) is 10.1 Å². The minimum absolute atomic E-state index is 0.0669. The quantitative estimate of drug-likeness (QED) is 0.399. The van der Waals surface area contributed by atoms with Crippen molar-refractivity contribution in [2.24, 2.45) is 5.92 Å². The average Bonchev–Trinajstić information content (AvgIpc) is 2.78. The van der Waals surface area contributed by atoms with Crippen LogP contribution in [0.15, 0.2) is 35.5 Å². The fourth-order valence-electron chi connectivity index (χ4n) is 3.70. The Hall–Kier alpha value is -3.48. The molecule has 1 aliphatic heterocycles. The SMILES string of the molecule is CC(C)(C)OC(=O)N1CCC(CCOc2ncnc(Nc3ccc(S(C)(=O)=O)cc3)c2[N+](=O)[O-])CC1. The maximum Gasteiger partial charge on any atom is 0.410 e. The van der Waals surface area contributed by atoms with Crippen molar-refractivity contribution in [3.8, 4) is 5.88 Å². The molecule has 1 fully saturated rings. The van der Waals surface area contributed by atoms with Crippen molar-refractivity contribution in [3.63, 3.8) is 0 Å². The molecular weight excluding hydrogens is 490 g/mol. The standard InChI is InChI=1S/C23H31N5O7S/c1-23(2,3)35-22(29)27-12-9-16(10-13-27)11-14-34-21-19(28(30)31)20(24-15-25-21)26-17-5-7-18(8-6-17)36(4,32)33/h5-8,15-16H,9-14H2,1-4H3,(H,24,25,26). The van der Waals surface area contributed by atoms with Gasteiger partial charge in [0.15, 0.2) is 9.84 Å². The van der Waals surface area contributed by atoms with Gasteiger partial charge in [0.25, 0.3) is 5.88 Å². The first-order valence-electron chi connectivity index (χ1n) is 11.5. The van der Waals surface area contributed by atoms with Gasteiger partial charge in [0.05, 0.1) is 16.4 Å². The summed E-state index contributed by atoms with van der Waals surface area (Å²) in [6.45, 7) is 6.88. The van der Waals surface area contributed by atoms with Crippen LogP contribution in [-0.2, 0) is 14.6 Å². The Labute approximate surface area is 210 Å². The minimum Gasteiger partial charge on any atom is -0.473 e. The van der Waals surface area contributed by atoms with Crippen molar-refractivity contribution >= 4 is 33.1 Å². The number of sulfone groups is 1. The van der Waals surface area contributed by atoms with Crippen LogP contribution in [0.4, 0.5) is 22.0 Å². The van der Waals surface area contributed by atoms with Crippen molar-refractivity contribution in [1.82, 2.24) is 14.9 Å². The third-order valence-electron chi connectivity index (χ3n) is 5.55. The van der Waals surface area contributed by atoms with E-state index in [1.54, 1.807) is 4.90 Å². The highest BCUT2D eigenvalue weighted by molar-refractivity contribution is 7.90. The topological polar surface area (TPSA) is 154 Å². The predicted molar refractivity (Wildman–Crippen MR) is 132 cm³/mol. The first-order chi connectivity index (χ1) is 16.8. The number of carbonyl (C=O) groups is 1. The third-order valence-corrected chi connectivity index (χ3v) is 6.68. The molecule has 0 aliphatic carbocycles. The summed E-state index contributed by atoms with van der Waals surface area (Å²) in [5, 5.41) is 14.6. The number of rotatable bonds is 8. The van der Waals surface area contributed by atoms with Crippen molar-refractivity contribution in [1.29, 1.82) is 0 Å². The van der Waals surface area contributed by atoms with Gasteiger partial charge in [0.1, 0.15) is 11.9 Å². The van der Waals surface area contributed by atoms with Gasteiger partial charge < -0.3 is 19.7 Å². The molecule has 0 saturated carbocycles. The molecule has 2 heterocycles. The van der Waals surface area contributed by atoms with E-state index in [1.165, 1.54) is 24.3 Å². The highest BCUT2D eigenvalue weighted by Gasteiger charge is 2.28. The van der Waals surface area contributed by atoms with Gasteiger partial charge in [-0.2, -0.15) is 4.98 Å². The molecule has 3 rings (SSSR count). The molecule has 12 nitrogen and oxygen atoms in total. The molecule has 1 amide bonds. The first-order valence-corrected chi connectivity index (χ1v) is 13.4. The summed E-state index contributed by atoms with van der Waals surface area (Å²) in [5.74, 6) is 0.0785. The average molecular weight is 522 g/mol. The van der Waals surface area contributed by atoms with Crippen LogP contribution in [0.5, 0.6) is 5.88 Å². The van der Waals surface area contributed by atoms with E-state index in [0.717, 1.165) is 25.4 Å². The van der Waals surface area contributed by atoms with Crippen LogP contribution in [0.25, 0.3) is 0 Å². The number of benzene rings is 1.